The first-order valence-electron chi connectivity index (χ1n) is 14.0. The maximum absolute atomic E-state index is 8.00. The lowest BCUT2D eigenvalue weighted by Crippen LogP contribution is -2.31. The van der Waals surface area contributed by atoms with Crippen LogP contribution >= 0.6 is 11.6 Å². The predicted molar refractivity (Wildman–Crippen MR) is 183 cm³/mol. The van der Waals surface area contributed by atoms with Crippen molar-refractivity contribution in [3.05, 3.63) is 114 Å². The summed E-state index contributed by atoms with van der Waals surface area (Å²) in [6, 6.07) is 29.3. The number of hydrogen-bond donors (Lipinski definition) is 3. The minimum atomic E-state index is 0.0632. The summed E-state index contributed by atoms with van der Waals surface area (Å²) in [4.78, 5) is 17.3. The zero-order valence-corrected chi connectivity index (χ0v) is 26.9. The molecule has 0 bridgehead atoms. The summed E-state index contributed by atoms with van der Waals surface area (Å²) >= 11 is 6.84. The molecule has 5 aromatic rings. The number of benzene rings is 3. The fraction of sp³-hybridized carbons (Fsp3) is 0.250. The number of carbonyl (C=O) groups is 1. The average molecular weight is 599 g/mol. The molecule has 1 atom stereocenters. The van der Waals surface area contributed by atoms with Crippen molar-refractivity contribution in [2.75, 3.05) is 19.5 Å². The van der Waals surface area contributed by atoms with Crippen LogP contribution in [0.15, 0.2) is 97.3 Å². The Bertz CT molecular complexity index is 1560. The van der Waals surface area contributed by atoms with Crippen LogP contribution in [0.2, 0.25) is 5.15 Å². The van der Waals surface area contributed by atoms with Crippen LogP contribution in [-0.2, 0) is 4.79 Å². The molecule has 0 amide bonds. The third-order valence-corrected chi connectivity index (χ3v) is 6.91. The highest BCUT2D eigenvalue weighted by Gasteiger charge is 2.19. The van der Waals surface area contributed by atoms with E-state index in [0.717, 1.165) is 51.5 Å². The smallest absolute Gasteiger partial charge is 0.140 e. The molecule has 3 N–H and O–H groups in total. The lowest BCUT2D eigenvalue weighted by atomic mass is 9.94. The van der Waals surface area contributed by atoms with Gasteiger partial charge in [0.25, 0.3) is 0 Å². The highest BCUT2D eigenvalue weighted by molar-refractivity contribution is 6.34. The number of rotatable bonds is 5. The van der Waals surface area contributed by atoms with Crippen molar-refractivity contribution in [3.63, 3.8) is 0 Å². The van der Waals surface area contributed by atoms with Crippen LogP contribution in [0.25, 0.3) is 33.0 Å². The Labute approximate surface area is 261 Å². The first-order valence-corrected chi connectivity index (χ1v) is 14.4. The average Bonchev–Trinajstić information content (AvgIpc) is 3.03. The van der Waals surface area contributed by atoms with E-state index in [9.17, 15) is 0 Å². The van der Waals surface area contributed by atoms with Crippen LogP contribution < -0.4 is 10.6 Å². The number of aromatic nitrogens is 2. The molecule has 6 nitrogen and oxygen atoms in total. The van der Waals surface area contributed by atoms with Gasteiger partial charge in [0, 0.05) is 47.6 Å². The number of nitrogens with zero attached hydrogens (tertiary/aromatic N) is 2. The quantitative estimate of drug-likeness (QED) is 0.176. The Hall–Kier alpha value is -4.10. The molecule has 0 radical (unpaired) electrons. The van der Waals surface area contributed by atoms with Gasteiger partial charge in [-0.25, -0.2) is 4.98 Å². The summed E-state index contributed by atoms with van der Waals surface area (Å²) in [7, 11) is 2.96. The van der Waals surface area contributed by atoms with Crippen molar-refractivity contribution in [1.29, 1.82) is 0 Å². The second-order valence-corrected chi connectivity index (χ2v) is 11.1. The zero-order valence-electron chi connectivity index (χ0n) is 26.1. The number of fused-ring (bicyclic) bond motifs is 1. The van der Waals surface area contributed by atoms with Gasteiger partial charge in [0.2, 0.25) is 0 Å². The SMILES string of the molecule is C=O.CNC(C)(C)C.CO.Cc1cncc(-c2c(Cl)nc(NC(C)c3ccccc3)c3c(-c4ccccc4)cccc23)c1. The van der Waals surface area contributed by atoms with Crippen LogP contribution in [0.3, 0.4) is 0 Å². The maximum atomic E-state index is 8.00. The molecule has 0 saturated heterocycles. The molecule has 226 valence electrons. The van der Waals surface area contributed by atoms with E-state index in [4.69, 9.17) is 26.5 Å². The second-order valence-electron chi connectivity index (χ2n) is 10.7. The number of anilines is 1. The molecular formula is C36H43ClN4O2. The molecule has 0 aliphatic carbocycles. The van der Waals surface area contributed by atoms with Crippen LogP contribution in [-0.4, -0.2) is 41.6 Å². The Morgan fingerprint density at radius 1 is 0.860 bits per heavy atom. The number of aliphatic hydroxyl groups excluding tert-OH is 1. The van der Waals surface area contributed by atoms with E-state index in [-0.39, 0.29) is 6.04 Å². The topological polar surface area (TPSA) is 87.1 Å². The van der Waals surface area contributed by atoms with Crippen LogP contribution in [0, 0.1) is 6.92 Å². The predicted octanol–water partition coefficient (Wildman–Crippen LogP) is 8.53. The molecule has 2 heterocycles. The van der Waals surface area contributed by atoms with Gasteiger partial charge in [0.1, 0.15) is 17.8 Å². The zero-order chi connectivity index (χ0) is 32.0. The Morgan fingerprint density at radius 3 is 2.00 bits per heavy atom. The van der Waals surface area contributed by atoms with Gasteiger partial charge in [-0.1, -0.05) is 90.5 Å². The molecule has 0 fully saturated rings. The van der Waals surface area contributed by atoms with E-state index < -0.39 is 0 Å². The third-order valence-electron chi connectivity index (χ3n) is 6.64. The third kappa shape index (κ3) is 9.72. The summed E-state index contributed by atoms with van der Waals surface area (Å²) in [5.41, 5.74) is 6.67. The van der Waals surface area contributed by atoms with Gasteiger partial charge in [0.05, 0.1) is 0 Å². The normalized spacial score (nSPS) is 11.1. The van der Waals surface area contributed by atoms with Crippen molar-refractivity contribution in [2.45, 2.75) is 46.2 Å². The molecule has 0 aliphatic rings. The fourth-order valence-corrected chi connectivity index (χ4v) is 4.59. The summed E-state index contributed by atoms with van der Waals surface area (Å²) in [5, 5.41) is 16.3. The molecule has 2 aromatic heterocycles. The minimum Gasteiger partial charge on any atom is -0.400 e. The molecule has 0 aliphatic heterocycles. The molecule has 7 heteroatoms. The Morgan fingerprint density at radius 2 is 1.44 bits per heavy atom. The van der Waals surface area contributed by atoms with Gasteiger partial charge >= 0.3 is 0 Å². The largest absolute Gasteiger partial charge is 0.400 e. The number of carbonyl (C=O) groups excluding carboxylic acids is 1. The highest BCUT2D eigenvalue weighted by atomic mass is 35.5. The van der Waals surface area contributed by atoms with Crippen molar-refractivity contribution in [1.82, 2.24) is 15.3 Å². The van der Waals surface area contributed by atoms with Gasteiger partial charge in [-0.05, 0) is 75.4 Å². The molecule has 5 rings (SSSR count). The van der Waals surface area contributed by atoms with E-state index >= 15 is 0 Å². The fourth-order valence-electron chi connectivity index (χ4n) is 4.30. The van der Waals surface area contributed by atoms with Crippen LogP contribution in [0.4, 0.5) is 5.82 Å². The standard InChI is InChI=1S/C29H24ClN3.C5H13N.CH4O.CH2O/c1-19-16-23(18-31-17-19)26-25-15-9-14-24(22-12-7-4-8-13-22)27(25)29(33-28(26)30)32-20(2)21-10-5-3-6-11-21;1-5(2,3)6-4;2*1-2/h3-18,20H,1-2H3,(H,32,33);6H,1-4H3;2H,1H3;1H2. The number of nitrogens with one attached hydrogen (secondary N) is 2. The van der Waals surface area contributed by atoms with E-state index in [1.54, 1.807) is 0 Å². The molecule has 3 aromatic carbocycles. The van der Waals surface area contributed by atoms with Gasteiger partial charge < -0.3 is 20.5 Å². The number of aryl methyl sites for hydroxylation is 1. The van der Waals surface area contributed by atoms with Crippen LogP contribution in [0.1, 0.15) is 44.9 Å². The van der Waals surface area contributed by atoms with Crippen molar-refractivity contribution in [2.24, 2.45) is 0 Å². The monoisotopic (exact) mass is 598 g/mol. The van der Waals surface area contributed by atoms with Gasteiger partial charge in [-0.2, -0.15) is 0 Å². The summed E-state index contributed by atoms with van der Waals surface area (Å²) < 4.78 is 0. The molecule has 43 heavy (non-hydrogen) atoms. The summed E-state index contributed by atoms with van der Waals surface area (Å²) in [6.07, 6.45) is 3.70. The van der Waals surface area contributed by atoms with Gasteiger partial charge in [-0.3, -0.25) is 4.98 Å². The molecule has 1 unspecified atom stereocenters. The number of pyridine rings is 2. The number of aliphatic hydroxyl groups is 1. The van der Waals surface area contributed by atoms with Gasteiger partial charge in [-0.15, -0.1) is 0 Å². The maximum Gasteiger partial charge on any atom is 0.140 e. The number of hydrogen-bond acceptors (Lipinski definition) is 6. The van der Waals surface area contributed by atoms with E-state index in [1.165, 1.54) is 5.56 Å². The first-order chi connectivity index (χ1) is 20.7. The summed E-state index contributed by atoms with van der Waals surface area (Å²) in [5.74, 6) is 0.773. The lowest BCUT2D eigenvalue weighted by Gasteiger charge is -2.21. The van der Waals surface area contributed by atoms with Crippen molar-refractivity contribution >= 4 is 35.0 Å². The van der Waals surface area contributed by atoms with E-state index in [0.29, 0.717) is 10.7 Å². The highest BCUT2D eigenvalue weighted by Crippen LogP contribution is 2.42. The molecule has 0 saturated carbocycles. The van der Waals surface area contributed by atoms with Crippen LogP contribution in [0.5, 0.6) is 0 Å². The van der Waals surface area contributed by atoms with Crippen molar-refractivity contribution < 1.29 is 9.90 Å². The van der Waals surface area contributed by atoms with E-state index in [2.05, 4.69) is 116 Å². The molecule has 0 spiro atoms. The Kier molecular flexibility index (Phi) is 14.0. The Balaban J connectivity index is 0.000000570. The van der Waals surface area contributed by atoms with E-state index in [1.807, 2.05) is 45.3 Å². The first kappa shape index (κ1) is 35.1. The lowest BCUT2D eigenvalue weighted by molar-refractivity contribution is -0.0980. The van der Waals surface area contributed by atoms with Crippen molar-refractivity contribution in [3.8, 4) is 22.3 Å². The number of halogens is 1. The minimum absolute atomic E-state index is 0.0632. The van der Waals surface area contributed by atoms with Gasteiger partial charge in [0.15, 0.2) is 0 Å². The summed E-state index contributed by atoms with van der Waals surface area (Å²) in [6.45, 7) is 12.6. The molecular weight excluding hydrogens is 556 g/mol. The second kappa shape index (κ2) is 17.1.